The number of piperidine rings is 1. The summed E-state index contributed by atoms with van der Waals surface area (Å²) in [6.45, 7) is 6.43. The van der Waals surface area contributed by atoms with Crippen molar-refractivity contribution in [2.45, 2.75) is 37.6 Å². The first-order valence-corrected chi connectivity index (χ1v) is 9.95. The number of hydrogen-bond donors (Lipinski definition) is 2. The van der Waals surface area contributed by atoms with Gasteiger partial charge in [-0.05, 0) is 58.3 Å². The van der Waals surface area contributed by atoms with Gasteiger partial charge < -0.3 is 15.5 Å². The third-order valence-electron chi connectivity index (χ3n) is 4.22. The molecule has 5 nitrogen and oxygen atoms in total. The Balaban J connectivity index is 2.03. The Labute approximate surface area is 154 Å². The number of likely N-dealkylation sites (tertiary alicyclic amines) is 1. The molecule has 6 heteroatoms. The lowest BCUT2D eigenvalue weighted by molar-refractivity contribution is -0.119. The molecule has 2 amide bonds. The van der Waals surface area contributed by atoms with Gasteiger partial charge in [0.15, 0.2) is 0 Å². The van der Waals surface area contributed by atoms with Crippen LogP contribution in [0.1, 0.15) is 37.0 Å². The van der Waals surface area contributed by atoms with E-state index >= 15 is 0 Å². The number of thioether (sulfide) groups is 1. The summed E-state index contributed by atoms with van der Waals surface area (Å²) in [5.74, 6) is 0.909. The number of rotatable bonds is 7. The van der Waals surface area contributed by atoms with Crippen LogP contribution in [-0.2, 0) is 4.79 Å². The highest BCUT2D eigenvalue weighted by Gasteiger charge is 2.25. The first-order chi connectivity index (χ1) is 12.0. The molecule has 138 valence electrons. The molecule has 2 rings (SSSR count). The minimum Gasteiger partial charge on any atom is -0.353 e. The van der Waals surface area contributed by atoms with E-state index in [-0.39, 0.29) is 17.9 Å². The third-order valence-corrected chi connectivity index (χ3v) is 5.30. The zero-order chi connectivity index (χ0) is 18.2. The van der Waals surface area contributed by atoms with Crippen molar-refractivity contribution in [3.63, 3.8) is 0 Å². The minimum atomic E-state index is -0.00527. The summed E-state index contributed by atoms with van der Waals surface area (Å²) >= 11 is 1.43. The Kier molecular flexibility index (Phi) is 7.78. The van der Waals surface area contributed by atoms with Crippen molar-refractivity contribution in [3.8, 4) is 0 Å². The van der Waals surface area contributed by atoms with Gasteiger partial charge in [-0.25, -0.2) is 0 Å². The molecule has 0 radical (unpaired) electrons. The summed E-state index contributed by atoms with van der Waals surface area (Å²) in [6, 6.07) is 7.73. The highest BCUT2D eigenvalue weighted by Crippen LogP contribution is 2.26. The van der Waals surface area contributed by atoms with Crippen LogP contribution in [0.2, 0.25) is 0 Å². The molecular formula is C19H29N3O2S. The Bertz CT molecular complexity index is 590. The van der Waals surface area contributed by atoms with Gasteiger partial charge in [-0.1, -0.05) is 12.1 Å². The predicted molar refractivity (Wildman–Crippen MR) is 103 cm³/mol. The second-order valence-corrected chi connectivity index (χ2v) is 7.84. The number of nitrogens with one attached hydrogen (secondary N) is 2. The molecule has 1 atom stereocenters. The number of amides is 2. The smallest absolute Gasteiger partial charge is 0.254 e. The van der Waals surface area contributed by atoms with Crippen LogP contribution in [0.5, 0.6) is 0 Å². The third kappa shape index (κ3) is 6.04. The van der Waals surface area contributed by atoms with Crippen molar-refractivity contribution >= 4 is 23.6 Å². The fourth-order valence-electron chi connectivity index (χ4n) is 3.15. The molecule has 1 aliphatic rings. The molecule has 1 unspecified atom stereocenters. The standard InChI is InChI=1S/C19H29N3O2S/c1-14(2)21-18(23)13-25-17-9-5-4-8-16(17)19(24)22-10-6-7-15(12-22)11-20-3/h4-5,8-9,14-15,20H,6-7,10-13H2,1-3H3,(H,21,23). The predicted octanol–water partition coefficient (Wildman–Crippen LogP) is 2.37. The maximum atomic E-state index is 13.0. The second kappa shape index (κ2) is 9.82. The van der Waals surface area contributed by atoms with E-state index in [9.17, 15) is 9.59 Å². The molecule has 1 aromatic carbocycles. The van der Waals surface area contributed by atoms with Crippen molar-refractivity contribution in [3.05, 3.63) is 29.8 Å². The molecular weight excluding hydrogens is 334 g/mol. The van der Waals surface area contributed by atoms with Gasteiger partial charge in [0.1, 0.15) is 0 Å². The average molecular weight is 364 g/mol. The van der Waals surface area contributed by atoms with Crippen LogP contribution < -0.4 is 10.6 Å². The summed E-state index contributed by atoms with van der Waals surface area (Å²) in [5, 5.41) is 6.09. The van der Waals surface area contributed by atoms with Crippen LogP contribution in [0, 0.1) is 5.92 Å². The summed E-state index contributed by atoms with van der Waals surface area (Å²) < 4.78 is 0. The Morgan fingerprint density at radius 3 is 2.80 bits per heavy atom. The van der Waals surface area contributed by atoms with Gasteiger partial charge in [-0.15, -0.1) is 11.8 Å². The molecule has 2 N–H and O–H groups in total. The molecule has 0 saturated carbocycles. The lowest BCUT2D eigenvalue weighted by Gasteiger charge is -2.33. The van der Waals surface area contributed by atoms with Crippen molar-refractivity contribution < 1.29 is 9.59 Å². The van der Waals surface area contributed by atoms with Crippen LogP contribution in [-0.4, -0.2) is 55.2 Å². The first-order valence-electron chi connectivity index (χ1n) is 8.96. The number of benzene rings is 1. The number of carbonyl (C=O) groups is 2. The fourth-order valence-corrected chi connectivity index (χ4v) is 4.01. The van der Waals surface area contributed by atoms with Crippen molar-refractivity contribution in [2.75, 3.05) is 32.4 Å². The van der Waals surface area contributed by atoms with Gasteiger partial charge in [0, 0.05) is 24.0 Å². The number of nitrogens with zero attached hydrogens (tertiary/aromatic N) is 1. The van der Waals surface area contributed by atoms with E-state index in [1.807, 2.05) is 50.1 Å². The molecule has 0 aliphatic carbocycles. The second-order valence-electron chi connectivity index (χ2n) is 6.82. The van der Waals surface area contributed by atoms with E-state index < -0.39 is 0 Å². The van der Waals surface area contributed by atoms with Crippen molar-refractivity contribution in [1.29, 1.82) is 0 Å². The van der Waals surface area contributed by atoms with Crippen molar-refractivity contribution in [2.24, 2.45) is 5.92 Å². The average Bonchev–Trinajstić information content (AvgIpc) is 2.59. The van der Waals surface area contributed by atoms with E-state index in [1.54, 1.807) is 0 Å². The van der Waals surface area contributed by atoms with Gasteiger partial charge in [0.25, 0.3) is 5.91 Å². The Hall–Kier alpha value is -1.53. The van der Waals surface area contributed by atoms with E-state index in [2.05, 4.69) is 10.6 Å². The van der Waals surface area contributed by atoms with Crippen LogP contribution in [0.4, 0.5) is 0 Å². The highest BCUT2D eigenvalue weighted by molar-refractivity contribution is 8.00. The normalized spacial score (nSPS) is 17.6. The van der Waals surface area contributed by atoms with Gasteiger partial charge in [0.05, 0.1) is 11.3 Å². The quantitative estimate of drug-likeness (QED) is 0.730. The monoisotopic (exact) mass is 363 g/mol. The van der Waals surface area contributed by atoms with Gasteiger partial charge in [-0.3, -0.25) is 9.59 Å². The zero-order valence-corrected chi connectivity index (χ0v) is 16.2. The lowest BCUT2D eigenvalue weighted by Crippen LogP contribution is -2.42. The summed E-state index contributed by atoms with van der Waals surface area (Å²) in [6.07, 6.45) is 2.21. The summed E-state index contributed by atoms with van der Waals surface area (Å²) in [5.41, 5.74) is 0.704. The fraction of sp³-hybridized carbons (Fsp3) is 0.579. The van der Waals surface area contributed by atoms with Crippen LogP contribution in [0.25, 0.3) is 0 Å². The van der Waals surface area contributed by atoms with Gasteiger partial charge in [0.2, 0.25) is 5.91 Å². The lowest BCUT2D eigenvalue weighted by atomic mass is 9.97. The van der Waals surface area contributed by atoms with Gasteiger partial charge >= 0.3 is 0 Å². The SMILES string of the molecule is CNCC1CCCN(C(=O)c2ccccc2SCC(=O)NC(C)C)C1. The van der Waals surface area contributed by atoms with Crippen LogP contribution >= 0.6 is 11.8 Å². The maximum Gasteiger partial charge on any atom is 0.254 e. The molecule has 1 fully saturated rings. The summed E-state index contributed by atoms with van der Waals surface area (Å²) in [4.78, 5) is 27.7. The van der Waals surface area contributed by atoms with E-state index in [1.165, 1.54) is 11.8 Å². The molecule has 1 heterocycles. The molecule has 0 bridgehead atoms. The Morgan fingerprint density at radius 1 is 1.32 bits per heavy atom. The molecule has 1 aromatic rings. The molecule has 0 spiro atoms. The molecule has 1 saturated heterocycles. The van der Waals surface area contributed by atoms with E-state index in [0.29, 0.717) is 17.2 Å². The zero-order valence-electron chi connectivity index (χ0n) is 15.4. The molecule has 0 aromatic heterocycles. The van der Waals surface area contributed by atoms with Crippen LogP contribution in [0.15, 0.2) is 29.2 Å². The largest absolute Gasteiger partial charge is 0.353 e. The Morgan fingerprint density at radius 2 is 2.08 bits per heavy atom. The van der Waals surface area contributed by atoms with Crippen LogP contribution in [0.3, 0.4) is 0 Å². The van der Waals surface area contributed by atoms with E-state index in [0.717, 1.165) is 37.4 Å². The molecule has 25 heavy (non-hydrogen) atoms. The number of carbonyl (C=O) groups excluding carboxylic acids is 2. The molecule has 1 aliphatic heterocycles. The highest BCUT2D eigenvalue weighted by atomic mass is 32.2. The summed E-state index contributed by atoms with van der Waals surface area (Å²) in [7, 11) is 1.95. The van der Waals surface area contributed by atoms with Crippen molar-refractivity contribution in [1.82, 2.24) is 15.5 Å². The number of hydrogen-bond acceptors (Lipinski definition) is 4. The first kappa shape index (κ1) is 19.8. The van der Waals surface area contributed by atoms with Gasteiger partial charge in [-0.2, -0.15) is 0 Å². The topological polar surface area (TPSA) is 61.4 Å². The van der Waals surface area contributed by atoms with E-state index in [4.69, 9.17) is 0 Å². The minimum absolute atomic E-state index is 0.00527. The maximum absolute atomic E-state index is 13.0.